The third kappa shape index (κ3) is 4.50. The van der Waals surface area contributed by atoms with E-state index in [9.17, 15) is 4.79 Å². The van der Waals surface area contributed by atoms with Gasteiger partial charge in [-0.25, -0.2) is 4.98 Å². The van der Waals surface area contributed by atoms with E-state index in [1.807, 2.05) is 26.0 Å². The average Bonchev–Trinajstić information content (AvgIpc) is 3.21. The first kappa shape index (κ1) is 22.6. The number of aromatic nitrogens is 3. The molecular weight excluding hydrogens is 426 g/mol. The van der Waals surface area contributed by atoms with E-state index in [0.29, 0.717) is 41.9 Å². The normalized spacial score (nSPS) is 16.0. The lowest BCUT2D eigenvalue weighted by Gasteiger charge is -2.33. The third-order valence-electron chi connectivity index (χ3n) is 5.88. The number of amides is 1. The number of piperidine rings is 1. The Morgan fingerprint density at radius 2 is 1.88 bits per heavy atom. The first-order valence-corrected chi connectivity index (χ1v) is 10.9. The molecule has 1 aromatic carbocycles. The highest BCUT2D eigenvalue weighted by atomic mass is 16.5. The van der Waals surface area contributed by atoms with Crippen LogP contribution in [0.25, 0.3) is 11.1 Å². The van der Waals surface area contributed by atoms with E-state index in [1.165, 1.54) is 0 Å². The zero-order valence-electron chi connectivity index (χ0n) is 19.6. The second kappa shape index (κ2) is 9.51. The van der Waals surface area contributed by atoms with E-state index < -0.39 is 0 Å². The molecule has 1 atom stereocenters. The molecule has 1 saturated heterocycles. The van der Waals surface area contributed by atoms with Crippen molar-refractivity contribution in [2.75, 3.05) is 39.3 Å². The van der Waals surface area contributed by atoms with Gasteiger partial charge in [-0.2, -0.15) is 4.98 Å². The van der Waals surface area contributed by atoms with Gasteiger partial charge in [-0.1, -0.05) is 5.16 Å². The van der Waals surface area contributed by atoms with E-state index in [2.05, 4.69) is 25.3 Å². The molecule has 176 valence electrons. The van der Waals surface area contributed by atoms with Crippen LogP contribution in [0.5, 0.6) is 17.2 Å². The molecule has 10 heteroatoms. The maximum atomic E-state index is 13.0. The van der Waals surface area contributed by atoms with Gasteiger partial charge in [-0.05, 0) is 44.4 Å². The second-order valence-electron chi connectivity index (χ2n) is 8.08. The molecule has 0 bridgehead atoms. The third-order valence-corrected chi connectivity index (χ3v) is 5.88. The van der Waals surface area contributed by atoms with Crippen LogP contribution in [0.1, 0.15) is 29.9 Å². The summed E-state index contributed by atoms with van der Waals surface area (Å²) in [5.74, 6) is 2.85. The summed E-state index contributed by atoms with van der Waals surface area (Å²) in [5, 5.41) is 7.90. The standard InChI is InChI=1S/C23H29N5O5/c1-13-19-21(25-14(2)26-23(19)33-27-13)28-8-6-7-16(12-28)22(29)24-11-15-9-17(30-3)20(32-5)18(10-15)31-4/h9-10,16H,6-8,11-12H2,1-5H3,(H,24,29). The lowest BCUT2D eigenvalue weighted by Crippen LogP contribution is -2.43. The predicted molar refractivity (Wildman–Crippen MR) is 122 cm³/mol. The summed E-state index contributed by atoms with van der Waals surface area (Å²) in [6.07, 6.45) is 1.70. The van der Waals surface area contributed by atoms with Crippen LogP contribution in [-0.2, 0) is 11.3 Å². The summed E-state index contributed by atoms with van der Waals surface area (Å²) in [5.41, 5.74) is 2.08. The van der Waals surface area contributed by atoms with Crippen molar-refractivity contribution in [2.24, 2.45) is 5.92 Å². The minimum Gasteiger partial charge on any atom is -0.493 e. The van der Waals surface area contributed by atoms with Gasteiger partial charge in [-0.3, -0.25) is 4.79 Å². The van der Waals surface area contributed by atoms with Gasteiger partial charge >= 0.3 is 0 Å². The van der Waals surface area contributed by atoms with E-state index in [-0.39, 0.29) is 11.8 Å². The van der Waals surface area contributed by atoms with Gasteiger partial charge in [0.1, 0.15) is 17.0 Å². The van der Waals surface area contributed by atoms with Crippen molar-refractivity contribution in [2.45, 2.75) is 33.2 Å². The molecule has 0 radical (unpaired) electrons. The molecule has 3 aromatic rings. The van der Waals surface area contributed by atoms with Gasteiger partial charge in [0.2, 0.25) is 11.7 Å². The molecule has 4 rings (SSSR count). The van der Waals surface area contributed by atoms with Crippen LogP contribution >= 0.6 is 0 Å². The first-order valence-electron chi connectivity index (χ1n) is 10.9. The number of rotatable bonds is 7. The maximum Gasteiger partial charge on any atom is 0.263 e. The number of benzene rings is 1. The monoisotopic (exact) mass is 455 g/mol. The van der Waals surface area contributed by atoms with Crippen LogP contribution in [0.3, 0.4) is 0 Å². The van der Waals surface area contributed by atoms with Crippen LogP contribution < -0.4 is 24.4 Å². The Morgan fingerprint density at radius 1 is 1.15 bits per heavy atom. The highest BCUT2D eigenvalue weighted by Crippen LogP contribution is 2.38. The number of ether oxygens (including phenoxy) is 3. The van der Waals surface area contributed by atoms with Crippen molar-refractivity contribution < 1.29 is 23.5 Å². The molecule has 1 unspecified atom stereocenters. The highest BCUT2D eigenvalue weighted by molar-refractivity contribution is 5.88. The number of anilines is 1. The van der Waals surface area contributed by atoms with Crippen molar-refractivity contribution in [1.82, 2.24) is 20.4 Å². The Labute approximate surface area is 192 Å². The van der Waals surface area contributed by atoms with Crippen molar-refractivity contribution in [3.05, 3.63) is 29.2 Å². The van der Waals surface area contributed by atoms with Gasteiger partial charge in [0.25, 0.3) is 5.71 Å². The molecule has 33 heavy (non-hydrogen) atoms. The maximum absolute atomic E-state index is 13.0. The largest absolute Gasteiger partial charge is 0.493 e. The Hall–Kier alpha value is -3.56. The van der Waals surface area contributed by atoms with Gasteiger partial charge in [-0.15, -0.1) is 0 Å². The molecule has 10 nitrogen and oxygen atoms in total. The predicted octanol–water partition coefficient (Wildman–Crippen LogP) is 2.79. The smallest absolute Gasteiger partial charge is 0.263 e. The van der Waals surface area contributed by atoms with E-state index >= 15 is 0 Å². The second-order valence-corrected chi connectivity index (χ2v) is 8.08. The Balaban J connectivity index is 1.48. The van der Waals surface area contributed by atoms with Gasteiger partial charge in [0.05, 0.1) is 32.9 Å². The SMILES string of the molecule is COc1cc(CNC(=O)C2CCCN(c3nc(C)nc4onc(C)c34)C2)cc(OC)c1OC. The van der Waals surface area contributed by atoms with Crippen LogP contribution in [0, 0.1) is 19.8 Å². The number of methoxy groups -OCH3 is 3. The molecule has 2 aromatic heterocycles. The fourth-order valence-electron chi connectivity index (χ4n) is 4.26. The summed E-state index contributed by atoms with van der Waals surface area (Å²) in [6.45, 7) is 5.43. The number of hydrogen-bond donors (Lipinski definition) is 1. The lowest BCUT2D eigenvalue weighted by atomic mass is 9.96. The molecule has 0 saturated carbocycles. The molecule has 0 aliphatic carbocycles. The Morgan fingerprint density at radius 3 is 2.55 bits per heavy atom. The molecule has 1 aliphatic heterocycles. The average molecular weight is 456 g/mol. The van der Waals surface area contributed by atoms with Crippen LogP contribution in [0.15, 0.2) is 16.7 Å². The summed E-state index contributed by atoms with van der Waals surface area (Å²) in [4.78, 5) is 24.1. The summed E-state index contributed by atoms with van der Waals surface area (Å²) < 4.78 is 21.5. The molecule has 0 spiro atoms. The van der Waals surface area contributed by atoms with Crippen LogP contribution in [-0.4, -0.2) is 55.5 Å². The summed E-state index contributed by atoms with van der Waals surface area (Å²) in [7, 11) is 4.70. The van der Waals surface area contributed by atoms with E-state index in [0.717, 1.165) is 41.8 Å². The summed E-state index contributed by atoms with van der Waals surface area (Å²) in [6, 6.07) is 3.67. The number of nitrogens with zero attached hydrogens (tertiary/aromatic N) is 4. The van der Waals surface area contributed by atoms with Crippen molar-refractivity contribution in [3.63, 3.8) is 0 Å². The number of fused-ring (bicyclic) bond motifs is 1. The molecule has 1 amide bonds. The van der Waals surface area contributed by atoms with E-state index in [1.54, 1.807) is 21.3 Å². The zero-order chi connectivity index (χ0) is 23.5. The van der Waals surface area contributed by atoms with Crippen molar-refractivity contribution in [3.8, 4) is 17.2 Å². The minimum atomic E-state index is -0.161. The van der Waals surface area contributed by atoms with E-state index in [4.69, 9.17) is 18.7 Å². The topological polar surface area (TPSA) is 112 Å². The van der Waals surface area contributed by atoms with Gasteiger partial charge in [0, 0.05) is 19.6 Å². The Kier molecular flexibility index (Phi) is 6.52. The molecule has 1 aliphatic rings. The first-order chi connectivity index (χ1) is 15.9. The Bertz CT molecular complexity index is 1140. The fourth-order valence-corrected chi connectivity index (χ4v) is 4.26. The number of nitrogens with one attached hydrogen (secondary N) is 1. The number of aryl methyl sites for hydroxylation is 2. The molecule has 1 N–H and O–H groups in total. The lowest BCUT2D eigenvalue weighted by molar-refractivity contribution is -0.125. The van der Waals surface area contributed by atoms with Crippen molar-refractivity contribution in [1.29, 1.82) is 0 Å². The van der Waals surface area contributed by atoms with Gasteiger partial charge < -0.3 is 29.0 Å². The molecule has 1 fully saturated rings. The molecular formula is C23H29N5O5. The fraction of sp³-hybridized carbons (Fsp3) is 0.478. The van der Waals surface area contributed by atoms with Crippen molar-refractivity contribution >= 4 is 22.8 Å². The quantitative estimate of drug-likeness (QED) is 0.575. The number of carbonyl (C=O) groups excluding carboxylic acids is 1. The number of hydrogen-bond acceptors (Lipinski definition) is 9. The number of carbonyl (C=O) groups is 1. The highest BCUT2D eigenvalue weighted by Gasteiger charge is 2.29. The summed E-state index contributed by atoms with van der Waals surface area (Å²) >= 11 is 0. The van der Waals surface area contributed by atoms with Gasteiger partial charge in [0.15, 0.2) is 11.5 Å². The van der Waals surface area contributed by atoms with Crippen LogP contribution in [0.4, 0.5) is 5.82 Å². The van der Waals surface area contributed by atoms with Crippen LogP contribution in [0.2, 0.25) is 0 Å². The zero-order valence-corrected chi connectivity index (χ0v) is 19.6. The minimum absolute atomic E-state index is 0.00230. The molecule has 3 heterocycles.